The fourth-order valence-corrected chi connectivity index (χ4v) is 3.89. The lowest BCUT2D eigenvalue weighted by Crippen LogP contribution is -2.76. The van der Waals surface area contributed by atoms with Gasteiger partial charge in [-0.1, -0.05) is 50.6 Å². The van der Waals surface area contributed by atoms with Crippen LogP contribution in [0.1, 0.15) is 64.0 Å². The molecule has 2 N–H and O–H groups in total. The molecule has 0 radical (unpaired) electrons. The van der Waals surface area contributed by atoms with Gasteiger partial charge in [-0.25, -0.2) is 4.79 Å². The molecule has 1 fully saturated rings. The van der Waals surface area contributed by atoms with E-state index < -0.39 is 16.9 Å². The molecule has 2 rings (SSSR count). The van der Waals surface area contributed by atoms with Crippen LogP contribution >= 0.6 is 0 Å². The molecule has 3 unspecified atom stereocenters. The molecule has 1 saturated carbocycles. The Morgan fingerprint density at radius 3 is 2.35 bits per heavy atom. The highest BCUT2D eigenvalue weighted by molar-refractivity contribution is 5.89. The second-order valence-electron chi connectivity index (χ2n) is 7.85. The van der Waals surface area contributed by atoms with E-state index in [0.29, 0.717) is 13.0 Å². The summed E-state index contributed by atoms with van der Waals surface area (Å²) in [6, 6.07) is 8.16. The maximum Gasteiger partial charge on any atom is 0.330 e. The molecule has 3 atom stereocenters. The SMILES string of the molecule is CCOC1CC(NC(=O)CC(CC)c2ccc(C)cc2)(C(=O)O)C1(C)C. The average Bonchev–Trinajstić information content (AvgIpc) is 2.59. The van der Waals surface area contributed by atoms with Gasteiger partial charge in [-0.2, -0.15) is 0 Å². The second-order valence-corrected chi connectivity index (χ2v) is 7.85. The molecular formula is C21H31NO4. The number of carboxylic acid groups (broad SMARTS) is 1. The highest BCUT2D eigenvalue weighted by atomic mass is 16.5. The van der Waals surface area contributed by atoms with Gasteiger partial charge in [0.2, 0.25) is 5.91 Å². The number of rotatable bonds is 8. The third-order valence-electron chi connectivity index (χ3n) is 5.96. The Balaban J connectivity index is 2.11. The summed E-state index contributed by atoms with van der Waals surface area (Å²) in [5.74, 6) is -1.13. The van der Waals surface area contributed by atoms with Crippen molar-refractivity contribution in [2.75, 3.05) is 6.61 Å². The lowest BCUT2D eigenvalue weighted by atomic mass is 9.54. The maximum atomic E-state index is 12.7. The van der Waals surface area contributed by atoms with Crippen molar-refractivity contribution in [3.05, 3.63) is 35.4 Å². The van der Waals surface area contributed by atoms with Crippen LogP contribution in [-0.2, 0) is 14.3 Å². The van der Waals surface area contributed by atoms with Crippen molar-refractivity contribution in [3.63, 3.8) is 0 Å². The Kier molecular flexibility index (Phi) is 6.12. The standard InChI is InChI=1S/C21H31NO4/c1-6-15(16-10-8-14(3)9-11-16)12-18(23)22-21(19(24)25)13-17(26-7-2)20(21,4)5/h8-11,15,17H,6-7,12-13H2,1-5H3,(H,22,23)(H,24,25). The number of nitrogens with one attached hydrogen (secondary N) is 1. The molecule has 1 aliphatic rings. The van der Waals surface area contributed by atoms with E-state index in [-0.39, 0.29) is 24.3 Å². The molecule has 0 spiro atoms. The minimum Gasteiger partial charge on any atom is -0.479 e. The number of carbonyl (C=O) groups excluding carboxylic acids is 1. The minimum absolute atomic E-state index is 0.0762. The first-order chi connectivity index (χ1) is 12.2. The number of amides is 1. The second kappa shape index (κ2) is 7.78. The molecule has 1 amide bonds. The van der Waals surface area contributed by atoms with Crippen LogP contribution in [0.5, 0.6) is 0 Å². The van der Waals surface area contributed by atoms with Gasteiger partial charge < -0.3 is 15.2 Å². The number of benzene rings is 1. The molecule has 5 nitrogen and oxygen atoms in total. The summed E-state index contributed by atoms with van der Waals surface area (Å²) in [7, 11) is 0. The molecule has 1 aliphatic carbocycles. The predicted octanol–water partition coefficient (Wildman–Crippen LogP) is 3.65. The molecule has 0 aromatic heterocycles. The predicted molar refractivity (Wildman–Crippen MR) is 101 cm³/mol. The number of ether oxygens (including phenoxy) is 1. The molecular weight excluding hydrogens is 330 g/mol. The van der Waals surface area contributed by atoms with E-state index in [1.165, 1.54) is 5.56 Å². The van der Waals surface area contributed by atoms with Gasteiger partial charge in [0.05, 0.1) is 6.10 Å². The first kappa shape index (κ1) is 20.4. The topological polar surface area (TPSA) is 75.6 Å². The van der Waals surface area contributed by atoms with E-state index in [1.807, 2.05) is 58.9 Å². The fourth-order valence-electron chi connectivity index (χ4n) is 3.89. The van der Waals surface area contributed by atoms with Crippen molar-refractivity contribution in [1.29, 1.82) is 0 Å². The zero-order valence-corrected chi connectivity index (χ0v) is 16.5. The number of aliphatic carboxylic acids is 1. The number of hydrogen-bond donors (Lipinski definition) is 2. The van der Waals surface area contributed by atoms with E-state index in [4.69, 9.17) is 4.74 Å². The summed E-state index contributed by atoms with van der Waals surface area (Å²) in [5.41, 5.74) is 0.361. The van der Waals surface area contributed by atoms with Crippen molar-refractivity contribution in [3.8, 4) is 0 Å². The Bertz CT molecular complexity index is 652. The Hall–Kier alpha value is -1.88. The molecule has 1 aromatic rings. The van der Waals surface area contributed by atoms with Crippen LogP contribution in [0.25, 0.3) is 0 Å². The van der Waals surface area contributed by atoms with E-state index in [2.05, 4.69) is 5.32 Å². The quantitative estimate of drug-likeness (QED) is 0.741. The van der Waals surface area contributed by atoms with Crippen LogP contribution in [0.2, 0.25) is 0 Å². The van der Waals surface area contributed by atoms with Gasteiger partial charge in [-0.3, -0.25) is 4.79 Å². The molecule has 144 valence electrons. The van der Waals surface area contributed by atoms with Crippen LogP contribution in [0, 0.1) is 12.3 Å². The molecule has 26 heavy (non-hydrogen) atoms. The van der Waals surface area contributed by atoms with E-state index in [9.17, 15) is 14.7 Å². The highest BCUT2D eigenvalue weighted by Crippen LogP contribution is 2.51. The summed E-state index contributed by atoms with van der Waals surface area (Å²) in [4.78, 5) is 24.7. The first-order valence-corrected chi connectivity index (χ1v) is 9.40. The average molecular weight is 361 g/mol. The highest BCUT2D eigenvalue weighted by Gasteiger charge is 2.66. The van der Waals surface area contributed by atoms with Gasteiger partial charge in [0.15, 0.2) is 0 Å². The minimum atomic E-state index is -1.27. The van der Waals surface area contributed by atoms with Crippen molar-refractivity contribution in [2.45, 2.75) is 71.4 Å². The molecule has 0 aliphatic heterocycles. The van der Waals surface area contributed by atoms with Gasteiger partial charge in [-0.05, 0) is 31.7 Å². The monoisotopic (exact) mass is 361 g/mol. The molecule has 0 heterocycles. The molecule has 5 heteroatoms. The summed E-state index contributed by atoms with van der Waals surface area (Å²) < 4.78 is 5.65. The van der Waals surface area contributed by atoms with Gasteiger partial charge in [0, 0.05) is 24.9 Å². The lowest BCUT2D eigenvalue weighted by molar-refractivity contribution is -0.194. The van der Waals surface area contributed by atoms with Crippen molar-refractivity contribution in [2.24, 2.45) is 5.41 Å². The van der Waals surface area contributed by atoms with Crippen LogP contribution in [0.3, 0.4) is 0 Å². The number of hydrogen-bond acceptors (Lipinski definition) is 3. The van der Waals surface area contributed by atoms with Gasteiger partial charge >= 0.3 is 5.97 Å². The van der Waals surface area contributed by atoms with Gasteiger partial charge in [-0.15, -0.1) is 0 Å². The Labute approximate surface area is 156 Å². The molecule has 0 saturated heterocycles. The number of carboxylic acids is 1. The van der Waals surface area contributed by atoms with Crippen molar-refractivity contribution < 1.29 is 19.4 Å². The van der Waals surface area contributed by atoms with Crippen LogP contribution in [0.4, 0.5) is 0 Å². The van der Waals surface area contributed by atoms with E-state index in [1.54, 1.807) is 0 Å². The maximum absolute atomic E-state index is 12.7. The third-order valence-corrected chi connectivity index (χ3v) is 5.96. The van der Waals surface area contributed by atoms with Crippen LogP contribution < -0.4 is 5.32 Å². The van der Waals surface area contributed by atoms with E-state index >= 15 is 0 Å². The van der Waals surface area contributed by atoms with Crippen molar-refractivity contribution in [1.82, 2.24) is 5.32 Å². The molecule has 0 bridgehead atoms. The van der Waals surface area contributed by atoms with E-state index in [0.717, 1.165) is 12.0 Å². The third kappa shape index (κ3) is 3.63. The van der Waals surface area contributed by atoms with Crippen LogP contribution in [0.15, 0.2) is 24.3 Å². The lowest BCUT2D eigenvalue weighted by Gasteiger charge is -2.58. The summed E-state index contributed by atoms with van der Waals surface area (Å²) in [6.45, 7) is 10.2. The normalized spacial score (nSPS) is 25.2. The van der Waals surface area contributed by atoms with Crippen LogP contribution in [-0.4, -0.2) is 35.2 Å². The molecule has 1 aromatic carbocycles. The summed E-state index contributed by atoms with van der Waals surface area (Å²) in [5, 5.41) is 12.7. The van der Waals surface area contributed by atoms with Crippen molar-refractivity contribution >= 4 is 11.9 Å². The van der Waals surface area contributed by atoms with Gasteiger partial charge in [0.1, 0.15) is 5.54 Å². The summed E-state index contributed by atoms with van der Waals surface area (Å²) >= 11 is 0. The number of aryl methyl sites for hydroxylation is 1. The Morgan fingerprint density at radius 2 is 1.88 bits per heavy atom. The Morgan fingerprint density at radius 1 is 1.27 bits per heavy atom. The fraction of sp³-hybridized carbons (Fsp3) is 0.619. The summed E-state index contributed by atoms with van der Waals surface area (Å²) in [6.07, 6.45) is 1.24. The van der Waals surface area contributed by atoms with Gasteiger partial charge in [0.25, 0.3) is 0 Å². The smallest absolute Gasteiger partial charge is 0.330 e. The number of carbonyl (C=O) groups is 2. The first-order valence-electron chi connectivity index (χ1n) is 9.40. The zero-order valence-electron chi connectivity index (χ0n) is 16.5. The largest absolute Gasteiger partial charge is 0.479 e. The zero-order chi connectivity index (χ0) is 19.5.